The van der Waals surface area contributed by atoms with Crippen LogP contribution in [-0.4, -0.2) is 31.4 Å². The smallest absolute Gasteiger partial charge is 0.235 e. The van der Waals surface area contributed by atoms with E-state index in [0.717, 1.165) is 35.6 Å². The van der Waals surface area contributed by atoms with E-state index in [0.29, 0.717) is 28.4 Å². The Hall–Kier alpha value is -3.25. The van der Waals surface area contributed by atoms with Gasteiger partial charge in [-0.25, -0.2) is 4.98 Å². The lowest BCUT2D eigenvalue weighted by molar-refractivity contribution is -0.113. The fourth-order valence-corrected chi connectivity index (χ4v) is 4.71. The number of carbonyl (C=O) groups is 1. The van der Waals surface area contributed by atoms with E-state index >= 15 is 0 Å². The maximum atomic E-state index is 12.7. The van der Waals surface area contributed by atoms with Crippen molar-refractivity contribution in [3.8, 4) is 6.07 Å². The minimum Gasteiger partial charge on any atom is -0.462 e. The van der Waals surface area contributed by atoms with Crippen molar-refractivity contribution in [2.24, 2.45) is 0 Å². The minimum absolute atomic E-state index is 0.150. The highest BCUT2D eigenvalue weighted by Crippen LogP contribution is 2.37. The van der Waals surface area contributed by atoms with Crippen LogP contribution in [0.5, 0.6) is 0 Å². The van der Waals surface area contributed by atoms with Gasteiger partial charge in [0.25, 0.3) is 0 Å². The highest BCUT2D eigenvalue weighted by molar-refractivity contribution is 7.99. The van der Waals surface area contributed by atoms with E-state index < -0.39 is 0 Å². The quantitative estimate of drug-likeness (QED) is 0.489. The summed E-state index contributed by atoms with van der Waals surface area (Å²) in [5.41, 5.74) is 2.53. The first-order valence-electron chi connectivity index (χ1n) is 10.7. The van der Waals surface area contributed by atoms with E-state index in [4.69, 9.17) is 4.42 Å². The van der Waals surface area contributed by atoms with Crippen LogP contribution in [0.4, 0.5) is 5.82 Å². The van der Waals surface area contributed by atoms with Gasteiger partial charge in [0.1, 0.15) is 29.2 Å². The number of carbonyl (C=O) groups excluding carboxylic acids is 1. The van der Waals surface area contributed by atoms with Gasteiger partial charge in [-0.1, -0.05) is 24.6 Å². The molecule has 1 fully saturated rings. The molecule has 1 amide bonds. The summed E-state index contributed by atoms with van der Waals surface area (Å²) < 4.78 is 7.64. The Morgan fingerprint density at radius 3 is 2.81 bits per heavy atom. The molecule has 166 valence electrons. The van der Waals surface area contributed by atoms with E-state index in [-0.39, 0.29) is 11.7 Å². The second-order valence-electron chi connectivity index (χ2n) is 7.98. The Balaban J connectivity index is 1.41. The van der Waals surface area contributed by atoms with Crippen molar-refractivity contribution in [3.05, 3.63) is 46.3 Å². The van der Waals surface area contributed by atoms with Gasteiger partial charge >= 0.3 is 0 Å². The summed E-state index contributed by atoms with van der Waals surface area (Å²) >= 11 is 1.24. The van der Waals surface area contributed by atoms with Gasteiger partial charge in [0.2, 0.25) is 11.1 Å². The number of aromatic amines is 1. The molecule has 1 aliphatic rings. The van der Waals surface area contributed by atoms with Crippen LogP contribution in [0.2, 0.25) is 0 Å². The highest BCUT2D eigenvalue weighted by Gasteiger charge is 2.26. The Morgan fingerprint density at radius 1 is 1.34 bits per heavy atom. The van der Waals surface area contributed by atoms with Crippen molar-refractivity contribution in [1.29, 1.82) is 5.26 Å². The maximum absolute atomic E-state index is 12.7. The largest absolute Gasteiger partial charge is 0.462 e. The summed E-state index contributed by atoms with van der Waals surface area (Å²) in [6.45, 7) is 5.85. The Kier molecular flexibility index (Phi) is 6.51. The molecule has 9 heteroatoms. The zero-order chi connectivity index (χ0) is 22.7. The fraction of sp³-hybridized carbons (Fsp3) is 0.391. The monoisotopic (exact) mass is 450 g/mol. The third-order valence-electron chi connectivity index (χ3n) is 5.80. The summed E-state index contributed by atoms with van der Waals surface area (Å²) in [6, 6.07) is 6.38. The number of hydrogen-bond acceptors (Lipinski definition) is 6. The summed E-state index contributed by atoms with van der Waals surface area (Å²) in [7, 11) is 0. The van der Waals surface area contributed by atoms with E-state index in [9.17, 15) is 10.1 Å². The summed E-state index contributed by atoms with van der Waals surface area (Å²) in [5, 5.41) is 20.1. The van der Waals surface area contributed by atoms with Crippen LogP contribution in [0.25, 0.3) is 12.2 Å². The first-order chi connectivity index (χ1) is 15.5. The highest BCUT2D eigenvalue weighted by atomic mass is 32.2. The van der Waals surface area contributed by atoms with Gasteiger partial charge < -0.3 is 14.3 Å². The third kappa shape index (κ3) is 4.65. The van der Waals surface area contributed by atoms with E-state index in [1.54, 1.807) is 12.2 Å². The molecule has 0 saturated heterocycles. The number of amides is 1. The SMILES string of the molecule is Cc1ccc(/C=C/c2nc(SCC(=O)Nc3c(C#N)c(C)c(C)n3C3CCCC3)n[nH]2)o1. The van der Waals surface area contributed by atoms with Gasteiger partial charge in [-0.05, 0) is 63.5 Å². The fourth-order valence-electron chi connectivity index (χ4n) is 4.11. The number of nitriles is 1. The minimum atomic E-state index is -0.184. The predicted molar refractivity (Wildman–Crippen MR) is 124 cm³/mol. The van der Waals surface area contributed by atoms with Crippen molar-refractivity contribution in [1.82, 2.24) is 19.7 Å². The van der Waals surface area contributed by atoms with Crippen molar-refractivity contribution in [2.75, 3.05) is 11.1 Å². The predicted octanol–water partition coefficient (Wildman–Crippen LogP) is 5.01. The van der Waals surface area contributed by atoms with Gasteiger partial charge in [0, 0.05) is 11.7 Å². The number of aryl methyl sites for hydroxylation is 1. The average molecular weight is 451 g/mol. The van der Waals surface area contributed by atoms with Crippen LogP contribution in [0.1, 0.15) is 65.9 Å². The zero-order valence-electron chi connectivity index (χ0n) is 18.4. The Bertz CT molecular complexity index is 1190. The molecule has 0 aliphatic heterocycles. The molecular formula is C23H26N6O2S. The lowest BCUT2D eigenvalue weighted by Crippen LogP contribution is -2.19. The zero-order valence-corrected chi connectivity index (χ0v) is 19.3. The van der Waals surface area contributed by atoms with Crippen molar-refractivity contribution in [3.63, 3.8) is 0 Å². The Morgan fingerprint density at radius 2 is 2.12 bits per heavy atom. The Labute approximate surface area is 191 Å². The number of aromatic nitrogens is 4. The standard InChI is InChI=1S/C23H26N6O2S/c1-14-8-9-18(31-14)10-11-20-25-23(28-27-20)32-13-21(30)26-22-19(12-24)15(2)16(3)29(22)17-6-4-5-7-17/h8-11,17H,4-7,13H2,1-3H3,(H,26,30)(H,25,27,28)/b11-10+. The lowest BCUT2D eigenvalue weighted by Gasteiger charge is -2.19. The first-order valence-corrected chi connectivity index (χ1v) is 11.7. The molecule has 0 radical (unpaired) electrons. The van der Waals surface area contributed by atoms with Crippen LogP contribution in [-0.2, 0) is 4.79 Å². The molecule has 2 N–H and O–H groups in total. The van der Waals surface area contributed by atoms with Crippen LogP contribution in [0.15, 0.2) is 21.7 Å². The van der Waals surface area contributed by atoms with Crippen LogP contribution < -0.4 is 5.32 Å². The third-order valence-corrected chi connectivity index (χ3v) is 6.64. The molecule has 1 aliphatic carbocycles. The second kappa shape index (κ2) is 9.49. The lowest BCUT2D eigenvalue weighted by atomic mass is 10.2. The van der Waals surface area contributed by atoms with E-state index in [2.05, 4.69) is 31.1 Å². The molecule has 0 atom stereocenters. The molecule has 8 nitrogen and oxygen atoms in total. The van der Waals surface area contributed by atoms with Gasteiger partial charge in [0.15, 0.2) is 0 Å². The first kappa shape index (κ1) is 22.0. The molecule has 3 aromatic rings. The van der Waals surface area contributed by atoms with Crippen molar-refractivity contribution >= 4 is 35.6 Å². The van der Waals surface area contributed by atoms with Crippen LogP contribution in [0.3, 0.4) is 0 Å². The molecule has 0 bridgehead atoms. The number of H-pyrrole nitrogens is 1. The number of hydrogen-bond donors (Lipinski definition) is 2. The van der Waals surface area contributed by atoms with Crippen LogP contribution >= 0.6 is 11.8 Å². The van der Waals surface area contributed by atoms with E-state index in [1.165, 1.54) is 24.6 Å². The van der Waals surface area contributed by atoms with Gasteiger partial charge in [-0.2, -0.15) is 5.26 Å². The van der Waals surface area contributed by atoms with E-state index in [1.807, 2.05) is 32.9 Å². The number of furan rings is 1. The number of anilines is 1. The number of nitrogens with zero attached hydrogens (tertiary/aromatic N) is 4. The summed E-state index contributed by atoms with van der Waals surface area (Å²) in [4.78, 5) is 17.1. The topological polar surface area (TPSA) is 113 Å². The molecule has 1 saturated carbocycles. The normalized spacial score (nSPS) is 14.3. The summed E-state index contributed by atoms with van der Waals surface area (Å²) in [6.07, 6.45) is 8.07. The second-order valence-corrected chi connectivity index (χ2v) is 8.92. The number of thioether (sulfide) groups is 1. The van der Waals surface area contributed by atoms with Crippen molar-refractivity contribution < 1.29 is 9.21 Å². The van der Waals surface area contributed by atoms with Crippen LogP contribution in [0, 0.1) is 32.1 Å². The van der Waals surface area contributed by atoms with Gasteiger partial charge in [-0.3, -0.25) is 9.89 Å². The maximum Gasteiger partial charge on any atom is 0.235 e. The summed E-state index contributed by atoms with van der Waals surface area (Å²) in [5.74, 6) is 2.74. The molecule has 32 heavy (non-hydrogen) atoms. The number of nitrogens with one attached hydrogen (secondary N) is 2. The molecule has 0 spiro atoms. The van der Waals surface area contributed by atoms with Crippen molar-refractivity contribution in [2.45, 2.75) is 57.7 Å². The molecule has 3 heterocycles. The van der Waals surface area contributed by atoms with Gasteiger partial charge in [0.05, 0.1) is 11.3 Å². The average Bonchev–Trinajstić information content (AvgIpc) is 3.55. The molecule has 3 aromatic heterocycles. The molecule has 0 unspecified atom stereocenters. The molecule has 0 aromatic carbocycles. The van der Waals surface area contributed by atoms with Gasteiger partial charge in [-0.15, -0.1) is 5.10 Å². The number of rotatable bonds is 7. The molecular weight excluding hydrogens is 424 g/mol. The molecule has 4 rings (SSSR count).